The van der Waals surface area contributed by atoms with Gasteiger partial charge in [0.05, 0.1) is 5.97 Å². The number of carboxylic acid groups (broad SMARTS) is 2. The van der Waals surface area contributed by atoms with Crippen molar-refractivity contribution in [2.45, 2.75) is 116 Å². The summed E-state index contributed by atoms with van der Waals surface area (Å²) in [5.74, 6) is -2.20. The summed E-state index contributed by atoms with van der Waals surface area (Å²) >= 11 is 0. The van der Waals surface area contributed by atoms with Crippen molar-refractivity contribution in [1.82, 2.24) is 5.32 Å². The van der Waals surface area contributed by atoms with Gasteiger partial charge in [-0.2, -0.15) is 0 Å². The fourth-order valence-electron chi connectivity index (χ4n) is 3.22. The van der Waals surface area contributed by atoms with Crippen LogP contribution in [0.5, 0.6) is 0 Å². The van der Waals surface area contributed by atoms with Gasteiger partial charge >= 0.3 is 35.5 Å². The molecule has 0 amide bonds. The van der Waals surface area contributed by atoms with Crippen molar-refractivity contribution >= 4 is 11.9 Å². The smallest absolute Gasteiger partial charge is 0.548 e. The van der Waals surface area contributed by atoms with Gasteiger partial charge in [-0.3, -0.25) is 4.79 Å². The van der Waals surface area contributed by atoms with Crippen LogP contribution in [-0.2, 0) is 9.59 Å². The van der Waals surface area contributed by atoms with E-state index < -0.39 is 18.0 Å². The monoisotopic (exact) mass is 419 g/mol. The van der Waals surface area contributed by atoms with E-state index in [0.29, 0.717) is 6.54 Å². The molecule has 0 rings (SSSR count). The molecule has 2 N–H and O–H groups in total. The number of hydrogen-bond acceptors (Lipinski definition) is 4. The molecule has 0 radical (unpaired) electrons. The Morgan fingerprint density at radius 3 is 1.83 bits per heavy atom. The zero-order valence-electron chi connectivity index (χ0n) is 18.9. The molecule has 0 aliphatic rings. The summed E-state index contributed by atoms with van der Waals surface area (Å²) in [6.07, 6.45) is 22.0. The number of aliphatic carboxylic acids is 2. The quantitative estimate of drug-likeness (QED) is 0.168. The summed E-state index contributed by atoms with van der Waals surface area (Å²) in [4.78, 5) is 21.5. The van der Waals surface area contributed by atoms with Crippen LogP contribution >= 0.6 is 0 Å². The van der Waals surface area contributed by atoms with Crippen LogP contribution in [0.25, 0.3) is 0 Å². The Morgan fingerprint density at radius 1 is 0.862 bits per heavy atom. The van der Waals surface area contributed by atoms with E-state index in [1.54, 1.807) is 0 Å². The van der Waals surface area contributed by atoms with Gasteiger partial charge in [-0.1, -0.05) is 76.9 Å². The Bertz CT molecular complexity index is 416. The van der Waals surface area contributed by atoms with Crippen LogP contribution in [0.3, 0.4) is 0 Å². The van der Waals surface area contributed by atoms with Crippen molar-refractivity contribution in [2.24, 2.45) is 0 Å². The first-order valence-electron chi connectivity index (χ1n) is 11.4. The van der Waals surface area contributed by atoms with E-state index in [4.69, 9.17) is 5.11 Å². The Balaban J connectivity index is 0. The van der Waals surface area contributed by atoms with E-state index in [1.165, 1.54) is 70.6 Å². The van der Waals surface area contributed by atoms with Gasteiger partial charge < -0.3 is 20.3 Å². The maximum atomic E-state index is 10.9. The van der Waals surface area contributed by atoms with E-state index in [1.807, 2.05) is 0 Å². The van der Waals surface area contributed by atoms with Gasteiger partial charge in [-0.25, -0.2) is 0 Å². The fraction of sp³-hybridized carbons (Fsp3) is 0.826. The Labute approximate surface area is 200 Å². The normalized spacial score (nSPS) is 12.0. The number of allylic oxidation sites excluding steroid dienone is 2. The van der Waals surface area contributed by atoms with Gasteiger partial charge in [0.25, 0.3) is 0 Å². The Morgan fingerprint density at radius 2 is 1.34 bits per heavy atom. The van der Waals surface area contributed by atoms with E-state index in [-0.39, 0.29) is 42.4 Å². The Kier molecular flexibility index (Phi) is 25.4. The van der Waals surface area contributed by atoms with Crippen molar-refractivity contribution < 1.29 is 49.4 Å². The maximum Gasteiger partial charge on any atom is 1.00 e. The largest absolute Gasteiger partial charge is 1.00 e. The number of rotatable bonds is 21. The summed E-state index contributed by atoms with van der Waals surface area (Å²) < 4.78 is 0. The van der Waals surface area contributed by atoms with Crippen molar-refractivity contribution in [3.63, 3.8) is 0 Å². The van der Waals surface area contributed by atoms with Crippen LogP contribution in [0, 0.1) is 0 Å². The number of hydrogen-bond donors (Lipinski definition) is 2. The standard InChI is InChI=1S/C23H43NO4.Na/c1-2-3-4-5-6-7-8-9-10-11-12-13-14-15-16-17-20-24-21(23(27)28)18-19-22(25)26;/h9-10,21,24H,2-8,11-20H2,1H3,(H,25,26)(H,27,28);/q;+1/p-1/b10-9-;/t21-;/m0./s1. The number of carboxylic acids is 2. The van der Waals surface area contributed by atoms with Crippen LogP contribution in [0.4, 0.5) is 0 Å². The fourth-order valence-corrected chi connectivity index (χ4v) is 3.22. The van der Waals surface area contributed by atoms with Gasteiger partial charge in [0.1, 0.15) is 0 Å². The molecule has 0 aliphatic heterocycles. The van der Waals surface area contributed by atoms with Gasteiger partial charge in [-0.05, 0) is 45.1 Å². The van der Waals surface area contributed by atoms with Gasteiger partial charge in [0.2, 0.25) is 0 Å². The first-order chi connectivity index (χ1) is 13.6. The first kappa shape index (κ1) is 30.8. The third-order valence-electron chi connectivity index (χ3n) is 5.01. The molecule has 0 aromatic heterocycles. The minimum atomic E-state index is -1.22. The molecule has 0 heterocycles. The van der Waals surface area contributed by atoms with Crippen LogP contribution in [0.2, 0.25) is 0 Å². The molecule has 0 aromatic carbocycles. The zero-order chi connectivity index (χ0) is 20.9. The number of nitrogens with one attached hydrogen (secondary N) is 1. The molecule has 5 nitrogen and oxygen atoms in total. The second-order valence-electron chi connectivity index (χ2n) is 7.70. The molecule has 0 saturated carbocycles. The second-order valence-corrected chi connectivity index (χ2v) is 7.70. The summed E-state index contributed by atoms with van der Waals surface area (Å²) in [6, 6.07) is -0.862. The summed E-state index contributed by atoms with van der Waals surface area (Å²) in [5, 5.41) is 22.5. The van der Waals surface area contributed by atoms with Crippen molar-refractivity contribution in [3.8, 4) is 0 Å². The van der Waals surface area contributed by atoms with Gasteiger partial charge in [0, 0.05) is 12.5 Å². The summed E-state index contributed by atoms with van der Waals surface area (Å²) in [7, 11) is 0. The van der Waals surface area contributed by atoms with Gasteiger partial charge in [-0.15, -0.1) is 0 Å². The van der Waals surface area contributed by atoms with Crippen molar-refractivity contribution in [1.29, 1.82) is 0 Å². The van der Waals surface area contributed by atoms with Gasteiger partial charge in [0.15, 0.2) is 0 Å². The predicted octanol–water partition coefficient (Wildman–Crippen LogP) is 1.60. The SMILES string of the molecule is CCCCCCCC/C=C\CCCCCCCCN[C@@H](CCC(=O)O)C(=O)[O-].[Na+]. The molecule has 1 atom stereocenters. The third kappa shape index (κ3) is 23.8. The molecule has 0 aliphatic carbocycles. The molecule has 29 heavy (non-hydrogen) atoms. The number of unbranched alkanes of at least 4 members (excludes halogenated alkanes) is 12. The minimum Gasteiger partial charge on any atom is -0.548 e. The van der Waals surface area contributed by atoms with E-state index in [0.717, 1.165) is 19.3 Å². The van der Waals surface area contributed by atoms with Crippen LogP contribution in [0.1, 0.15) is 110 Å². The number of carbonyl (C=O) groups excluding carboxylic acids is 1. The van der Waals surface area contributed by atoms with E-state index in [2.05, 4.69) is 24.4 Å². The van der Waals surface area contributed by atoms with E-state index in [9.17, 15) is 14.7 Å². The molecule has 0 aromatic rings. The molecule has 0 unspecified atom stereocenters. The molecule has 0 saturated heterocycles. The first-order valence-corrected chi connectivity index (χ1v) is 11.4. The molecular weight excluding hydrogens is 377 g/mol. The second kappa shape index (κ2) is 23.9. The molecule has 164 valence electrons. The maximum absolute atomic E-state index is 10.9. The molecule has 6 heteroatoms. The van der Waals surface area contributed by atoms with Crippen LogP contribution in [0.15, 0.2) is 12.2 Å². The van der Waals surface area contributed by atoms with Crippen molar-refractivity contribution in [3.05, 3.63) is 12.2 Å². The molecule has 0 spiro atoms. The average molecular weight is 420 g/mol. The van der Waals surface area contributed by atoms with Crippen LogP contribution < -0.4 is 40.0 Å². The minimum absolute atomic E-state index is 0. The molecule has 0 fully saturated rings. The summed E-state index contributed by atoms with van der Waals surface area (Å²) in [5.41, 5.74) is 0. The Hall–Kier alpha value is -0.360. The third-order valence-corrected chi connectivity index (χ3v) is 5.01. The predicted molar refractivity (Wildman–Crippen MR) is 113 cm³/mol. The van der Waals surface area contributed by atoms with Crippen LogP contribution in [-0.4, -0.2) is 29.6 Å². The topological polar surface area (TPSA) is 89.5 Å². The zero-order valence-corrected chi connectivity index (χ0v) is 20.9. The number of carbonyl (C=O) groups is 2. The molecular formula is C23H42NNaO4. The average Bonchev–Trinajstić information content (AvgIpc) is 2.66. The van der Waals surface area contributed by atoms with E-state index >= 15 is 0 Å². The molecule has 0 bridgehead atoms. The van der Waals surface area contributed by atoms with Crippen molar-refractivity contribution in [2.75, 3.05) is 6.54 Å². The summed E-state index contributed by atoms with van der Waals surface area (Å²) in [6.45, 7) is 2.85.